The summed E-state index contributed by atoms with van der Waals surface area (Å²) >= 11 is 0. The third-order valence-corrected chi connectivity index (χ3v) is 4.63. The summed E-state index contributed by atoms with van der Waals surface area (Å²) in [6, 6.07) is 17.1. The summed E-state index contributed by atoms with van der Waals surface area (Å²) in [5.74, 6) is 0.399. The molecule has 0 radical (unpaired) electrons. The largest absolute Gasteiger partial charge is 0.507 e. The maximum atomic E-state index is 10.8. The number of phenols is 1. The number of fused-ring (bicyclic) bond motifs is 3. The van der Waals surface area contributed by atoms with E-state index in [1.54, 1.807) is 0 Å². The second-order valence-corrected chi connectivity index (χ2v) is 6.27. The molecule has 0 aliphatic rings. The van der Waals surface area contributed by atoms with Crippen LogP contribution in [0.3, 0.4) is 0 Å². The minimum Gasteiger partial charge on any atom is -0.507 e. The third kappa shape index (κ3) is 1.79. The number of benzene rings is 4. The first kappa shape index (κ1) is 13.1. The molecule has 0 atom stereocenters. The predicted octanol–water partition coefficient (Wildman–Crippen LogP) is 5.78. The highest BCUT2D eigenvalue weighted by Gasteiger charge is 2.11. The molecular weight excluding hydrogens is 268 g/mol. The topological polar surface area (TPSA) is 20.2 Å². The van der Waals surface area contributed by atoms with Gasteiger partial charge >= 0.3 is 0 Å². The first-order valence-electron chi connectivity index (χ1n) is 7.60. The van der Waals surface area contributed by atoms with Crippen LogP contribution in [-0.4, -0.2) is 5.11 Å². The van der Waals surface area contributed by atoms with Crippen molar-refractivity contribution in [2.24, 2.45) is 0 Å². The lowest BCUT2D eigenvalue weighted by atomic mass is 9.94. The summed E-state index contributed by atoms with van der Waals surface area (Å²) < 4.78 is 0. The Kier molecular flexibility index (Phi) is 2.67. The Balaban J connectivity index is 2.24. The van der Waals surface area contributed by atoms with Gasteiger partial charge < -0.3 is 5.11 Å². The molecule has 0 spiro atoms. The van der Waals surface area contributed by atoms with Crippen molar-refractivity contribution >= 4 is 32.3 Å². The van der Waals surface area contributed by atoms with Crippen molar-refractivity contribution in [2.45, 2.75) is 20.8 Å². The molecule has 0 heterocycles. The van der Waals surface area contributed by atoms with E-state index in [1.165, 1.54) is 16.5 Å². The van der Waals surface area contributed by atoms with Crippen LogP contribution in [0.5, 0.6) is 5.75 Å². The van der Waals surface area contributed by atoms with Gasteiger partial charge in [0.05, 0.1) is 0 Å². The average molecular weight is 286 g/mol. The molecule has 1 nitrogen and oxygen atoms in total. The second kappa shape index (κ2) is 4.48. The highest BCUT2D eigenvalue weighted by Crippen LogP contribution is 2.38. The van der Waals surface area contributed by atoms with Crippen molar-refractivity contribution < 1.29 is 5.11 Å². The summed E-state index contributed by atoms with van der Waals surface area (Å²) in [4.78, 5) is 0. The minimum atomic E-state index is 0.399. The summed E-state index contributed by atoms with van der Waals surface area (Å²) in [6.07, 6.45) is 0. The second-order valence-electron chi connectivity index (χ2n) is 6.27. The van der Waals surface area contributed by atoms with E-state index in [4.69, 9.17) is 0 Å². The summed E-state index contributed by atoms with van der Waals surface area (Å²) in [6.45, 7) is 6.25. The number of aromatic hydroxyl groups is 1. The van der Waals surface area contributed by atoms with Crippen LogP contribution in [0.4, 0.5) is 0 Å². The monoisotopic (exact) mass is 286 g/mol. The Morgan fingerprint density at radius 3 is 2.18 bits per heavy atom. The van der Waals surface area contributed by atoms with E-state index in [1.807, 2.05) is 0 Å². The molecule has 108 valence electrons. The molecule has 0 aromatic heterocycles. The summed E-state index contributed by atoms with van der Waals surface area (Å²) in [5, 5.41) is 17.3. The van der Waals surface area contributed by atoms with E-state index in [9.17, 15) is 5.11 Å². The fourth-order valence-electron chi connectivity index (χ4n) is 3.38. The van der Waals surface area contributed by atoms with E-state index in [2.05, 4.69) is 69.3 Å². The van der Waals surface area contributed by atoms with Crippen LogP contribution in [-0.2, 0) is 0 Å². The van der Waals surface area contributed by atoms with Gasteiger partial charge in [0.15, 0.2) is 0 Å². The van der Waals surface area contributed by atoms with Crippen molar-refractivity contribution in [1.82, 2.24) is 0 Å². The van der Waals surface area contributed by atoms with E-state index in [0.29, 0.717) is 5.75 Å². The van der Waals surface area contributed by atoms with Gasteiger partial charge in [0, 0.05) is 10.8 Å². The van der Waals surface area contributed by atoms with Crippen molar-refractivity contribution in [3.05, 3.63) is 65.2 Å². The first-order chi connectivity index (χ1) is 10.5. The molecular formula is C21H18O. The maximum Gasteiger partial charge on any atom is 0.131 e. The van der Waals surface area contributed by atoms with Gasteiger partial charge in [-0.15, -0.1) is 0 Å². The van der Waals surface area contributed by atoms with Gasteiger partial charge in [-0.05, 0) is 71.6 Å². The van der Waals surface area contributed by atoms with E-state index in [0.717, 1.165) is 32.5 Å². The molecule has 4 rings (SSSR count). The van der Waals surface area contributed by atoms with Crippen LogP contribution in [0.15, 0.2) is 48.5 Å². The van der Waals surface area contributed by atoms with Crippen LogP contribution >= 0.6 is 0 Å². The first-order valence-corrected chi connectivity index (χ1v) is 7.60. The van der Waals surface area contributed by atoms with Crippen LogP contribution in [0.2, 0.25) is 0 Å². The Morgan fingerprint density at radius 2 is 1.36 bits per heavy atom. The van der Waals surface area contributed by atoms with Gasteiger partial charge in [0.1, 0.15) is 5.75 Å². The van der Waals surface area contributed by atoms with Gasteiger partial charge in [-0.1, -0.05) is 35.9 Å². The lowest BCUT2D eigenvalue weighted by molar-refractivity contribution is 0.487. The molecule has 0 bridgehead atoms. The lowest BCUT2D eigenvalue weighted by Crippen LogP contribution is -1.86. The Labute approximate surface area is 129 Å². The van der Waals surface area contributed by atoms with Crippen molar-refractivity contribution in [3.63, 3.8) is 0 Å². The Bertz CT molecular complexity index is 1060. The quantitative estimate of drug-likeness (QED) is 0.406. The molecule has 22 heavy (non-hydrogen) atoms. The molecule has 0 amide bonds. The van der Waals surface area contributed by atoms with Crippen LogP contribution < -0.4 is 0 Å². The van der Waals surface area contributed by atoms with E-state index >= 15 is 0 Å². The van der Waals surface area contributed by atoms with Gasteiger partial charge in [-0.2, -0.15) is 0 Å². The van der Waals surface area contributed by atoms with Gasteiger partial charge in [-0.25, -0.2) is 0 Å². The van der Waals surface area contributed by atoms with E-state index in [-0.39, 0.29) is 0 Å². The molecule has 0 saturated carbocycles. The standard InChI is InChI=1S/C21H18O/c1-12-4-7-15-10-19-17(9-16(15)8-12)11-18-13(2)5-6-14(3)20(18)21(19)22/h4-11,22H,1-3H3. The average Bonchev–Trinajstić information content (AvgIpc) is 2.49. The fraction of sp³-hybridized carbons (Fsp3) is 0.143. The highest BCUT2D eigenvalue weighted by molar-refractivity contribution is 6.11. The van der Waals surface area contributed by atoms with Crippen molar-refractivity contribution in [2.75, 3.05) is 0 Å². The van der Waals surface area contributed by atoms with Crippen molar-refractivity contribution in [1.29, 1.82) is 0 Å². The van der Waals surface area contributed by atoms with Gasteiger partial charge in [0.2, 0.25) is 0 Å². The van der Waals surface area contributed by atoms with E-state index < -0.39 is 0 Å². The summed E-state index contributed by atoms with van der Waals surface area (Å²) in [7, 11) is 0. The van der Waals surface area contributed by atoms with Crippen LogP contribution in [0, 0.1) is 20.8 Å². The predicted molar refractivity (Wildman–Crippen MR) is 94.8 cm³/mol. The fourth-order valence-corrected chi connectivity index (χ4v) is 3.38. The molecule has 0 aliphatic heterocycles. The lowest BCUT2D eigenvalue weighted by Gasteiger charge is -2.12. The minimum absolute atomic E-state index is 0.399. The molecule has 0 saturated heterocycles. The molecule has 0 unspecified atom stereocenters. The number of phenolic OH excluding ortho intramolecular Hbond substituents is 1. The normalized spacial score (nSPS) is 11.6. The highest BCUT2D eigenvalue weighted by atomic mass is 16.3. The van der Waals surface area contributed by atoms with Gasteiger partial charge in [-0.3, -0.25) is 0 Å². The number of rotatable bonds is 0. The van der Waals surface area contributed by atoms with Crippen molar-refractivity contribution in [3.8, 4) is 5.75 Å². The smallest absolute Gasteiger partial charge is 0.131 e. The SMILES string of the molecule is Cc1ccc2cc3c(O)c4c(C)ccc(C)c4cc3cc2c1. The third-order valence-electron chi connectivity index (χ3n) is 4.63. The van der Waals surface area contributed by atoms with Crippen LogP contribution in [0.1, 0.15) is 16.7 Å². The zero-order valence-electron chi connectivity index (χ0n) is 13.1. The number of hydrogen-bond donors (Lipinski definition) is 1. The zero-order chi connectivity index (χ0) is 15.4. The number of aryl methyl sites for hydroxylation is 3. The molecule has 0 fully saturated rings. The Morgan fingerprint density at radius 1 is 0.636 bits per heavy atom. The maximum absolute atomic E-state index is 10.8. The number of hydrogen-bond acceptors (Lipinski definition) is 1. The molecule has 1 heteroatoms. The molecule has 1 N–H and O–H groups in total. The van der Waals surface area contributed by atoms with Crippen LogP contribution in [0.25, 0.3) is 32.3 Å². The Hall–Kier alpha value is -2.54. The molecule has 4 aromatic carbocycles. The molecule has 0 aliphatic carbocycles. The zero-order valence-corrected chi connectivity index (χ0v) is 13.1. The summed E-state index contributed by atoms with van der Waals surface area (Å²) in [5.41, 5.74) is 3.56. The molecule has 4 aromatic rings. The van der Waals surface area contributed by atoms with Gasteiger partial charge in [0.25, 0.3) is 0 Å².